The molecule has 1 atom stereocenters. The summed E-state index contributed by atoms with van der Waals surface area (Å²) >= 11 is 0. The molecule has 1 N–H and O–H groups in total. The number of nitrogens with zero attached hydrogens (tertiary/aromatic N) is 1. The summed E-state index contributed by atoms with van der Waals surface area (Å²) in [6, 6.07) is 17.7. The number of carbonyl (C=O) groups is 1. The van der Waals surface area contributed by atoms with Crippen LogP contribution in [0.3, 0.4) is 0 Å². The Hall–Kier alpha value is -2.37. The van der Waals surface area contributed by atoms with Crippen molar-refractivity contribution in [1.82, 2.24) is 10.2 Å². The number of benzene rings is 2. The molecule has 0 spiro atoms. The second kappa shape index (κ2) is 9.02. The van der Waals surface area contributed by atoms with Crippen molar-refractivity contribution in [3.8, 4) is 11.5 Å². The summed E-state index contributed by atoms with van der Waals surface area (Å²) in [4.78, 5) is 15.1. The van der Waals surface area contributed by atoms with E-state index in [9.17, 15) is 4.79 Å². The molecule has 2 aromatic rings. The topological polar surface area (TPSA) is 50.8 Å². The fourth-order valence-corrected chi connectivity index (χ4v) is 3.57. The third kappa shape index (κ3) is 4.67. The fraction of sp³-hybridized carbons (Fsp3) is 0.409. The summed E-state index contributed by atoms with van der Waals surface area (Å²) in [5, 5.41) is 3.35. The van der Waals surface area contributed by atoms with Crippen molar-refractivity contribution in [2.24, 2.45) is 0 Å². The molecule has 0 saturated carbocycles. The Kier molecular flexibility index (Phi) is 6.48. The average Bonchev–Trinajstić information content (AvgIpc) is 2.73. The molecule has 1 heterocycles. The van der Waals surface area contributed by atoms with E-state index in [2.05, 4.69) is 22.3 Å². The lowest BCUT2D eigenvalue weighted by Crippen LogP contribution is -2.63. The maximum absolute atomic E-state index is 12.9. The molecular weight excluding hydrogens is 340 g/mol. The molecule has 0 aliphatic carbocycles. The Bertz CT molecular complexity index is 727. The van der Waals surface area contributed by atoms with Gasteiger partial charge in [0.2, 0.25) is 5.72 Å². The summed E-state index contributed by atoms with van der Waals surface area (Å²) in [6.45, 7) is 4.91. The van der Waals surface area contributed by atoms with Crippen molar-refractivity contribution in [2.45, 2.75) is 25.5 Å². The average molecular weight is 368 g/mol. The minimum Gasteiger partial charge on any atom is -0.497 e. The molecule has 5 nitrogen and oxygen atoms in total. The SMILES string of the molecule is COc1ccc(OC(CCc2ccccc2)(C(C)=O)N2CCNCC2)cc1. The molecule has 0 bridgehead atoms. The Balaban J connectivity index is 1.87. The molecule has 2 aromatic carbocycles. The smallest absolute Gasteiger partial charge is 0.222 e. The number of hydrogen-bond donors (Lipinski definition) is 1. The van der Waals surface area contributed by atoms with Crippen LogP contribution in [0.15, 0.2) is 54.6 Å². The van der Waals surface area contributed by atoms with Gasteiger partial charge in [-0.1, -0.05) is 30.3 Å². The Morgan fingerprint density at radius 3 is 2.26 bits per heavy atom. The number of hydrogen-bond acceptors (Lipinski definition) is 5. The minimum atomic E-state index is -0.966. The van der Waals surface area contributed by atoms with Crippen LogP contribution in [-0.2, 0) is 11.2 Å². The van der Waals surface area contributed by atoms with Gasteiger partial charge in [0.25, 0.3) is 0 Å². The van der Waals surface area contributed by atoms with Crippen LogP contribution in [0.4, 0.5) is 0 Å². The molecule has 1 unspecified atom stereocenters. The largest absolute Gasteiger partial charge is 0.497 e. The molecule has 0 aromatic heterocycles. The van der Waals surface area contributed by atoms with E-state index >= 15 is 0 Å². The minimum absolute atomic E-state index is 0.0381. The zero-order valence-corrected chi connectivity index (χ0v) is 16.1. The molecule has 1 fully saturated rings. The van der Waals surface area contributed by atoms with Crippen molar-refractivity contribution < 1.29 is 14.3 Å². The zero-order valence-electron chi connectivity index (χ0n) is 16.1. The van der Waals surface area contributed by atoms with Gasteiger partial charge in [-0.2, -0.15) is 0 Å². The van der Waals surface area contributed by atoms with Gasteiger partial charge in [-0.05, 0) is 36.2 Å². The van der Waals surface area contributed by atoms with Gasteiger partial charge in [0.15, 0.2) is 5.78 Å². The lowest BCUT2D eigenvalue weighted by Gasteiger charge is -2.44. The summed E-state index contributed by atoms with van der Waals surface area (Å²) < 4.78 is 11.6. The monoisotopic (exact) mass is 368 g/mol. The normalized spacial score (nSPS) is 17.1. The van der Waals surface area contributed by atoms with Crippen LogP contribution in [0, 0.1) is 0 Å². The molecule has 1 aliphatic heterocycles. The van der Waals surface area contributed by atoms with Crippen LogP contribution in [0.5, 0.6) is 11.5 Å². The Labute approximate surface area is 161 Å². The highest BCUT2D eigenvalue weighted by Crippen LogP contribution is 2.30. The summed E-state index contributed by atoms with van der Waals surface area (Å²) in [7, 11) is 1.64. The second-order valence-electron chi connectivity index (χ2n) is 6.84. The molecule has 144 valence electrons. The van der Waals surface area contributed by atoms with Crippen molar-refractivity contribution in [3.05, 3.63) is 60.2 Å². The molecule has 0 radical (unpaired) electrons. The van der Waals surface area contributed by atoms with E-state index in [4.69, 9.17) is 9.47 Å². The molecule has 1 saturated heterocycles. The van der Waals surface area contributed by atoms with Crippen LogP contribution < -0.4 is 14.8 Å². The summed E-state index contributed by atoms with van der Waals surface area (Å²) in [6.07, 6.45) is 1.39. The van der Waals surface area contributed by atoms with Gasteiger partial charge in [0, 0.05) is 39.5 Å². The van der Waals surface area contributed by atoms with Crippen molar-refractivity contribution in [1.29, 1.82) is 0 Å². The number of ketones is 1. The van der Waals surface area contributed by atoms with Gasteiger partial charge < -0.3 is 14.8 Å². The lowest BCUT2D eigenvalue weighted by molar-refractivity contribution is -0.155. The number of ether oxygens (including phenoxy) is 2. The predicted octanol–water partition coefficient (Wildman–Crippen LogP) is 2.90. The first-order valence-corrected chi connectivity index (χ1v) is 9.48. The first kappa shape index (κ1) is 19.4. The lowest BCUT2D eigenvalue weighted by atomic mass is 9.96. The number of piperazine rings is 1. The highest BCUT2D eigenvalue weighted by Gasteiger charge is 2.44. The number of nitrogens with one attached hydrogen (secondary N) is 1. The van der Waals surface area contributed by atoms with E-state index in [1.165, 1.54) is 5.56 Å². The van der Waals surface area contributed by atoms with Gasteiger partial charge in [-0.3, -0.25) is 9.69 Å². The third-order valence-electron chi connectivity index (χ3n) is 5.12. The van der Waals surface area contributed by atoms with E-state index in [0.717, 1.165) is 38.3 Å². The zero-order chi connectivity index (χ0) is 19.1. The maximum atomic E-state index is 12.9. The van der Waals surface area contributed by atoms with Gasteiger partial charge in [-0.25, -0.2) is 0 Å². The van der Waals surface area contributed by atoms with Gasteiger partial charge >= 0.3 is 0 Å². The fourth-order valence-electron chi connectivity index (χ4n) is 3.57. The van der Waals surface area contributed by atoms with Crippen molar-refractivity contribution in [2.75, 3.05) is 33.3 Å². The Morgan fingerprint density at radius 1 is 1.04 bits per heavy atom. The highest BCUT2D eigenvalue weighted by atomic mass is 16.5. The van der Waals surface area contributed by atoms with Crippen LogP contribution >= 0.6 is 0 Å². The van der Waals surface area contributed by atoms with Crippen LogP contribution in [0.25, 0.3) is 0 Å². The van der Waals surface area contributed by atoms with E-state index in [1.807, 2.05) is 42.5 Å². The van der Waals surface area contributed by atoms with Gasteiger partial charge in [-0.15, -0.1) is 0 Å². The maximum Gasteiger partial charge on any atom is 0.222 e. The number of rotatable bonds is 8. The molecular formula is C22H28N2O3. The van der Waals surface area contributed by atoms with Crippen molar-refractivity contribution in [3.63, 3.8) is 0 Å². The first-order chi connectivity index (χ1) is 13.1. The quantitative estimate of drug-likeness (QED) is 0.776. The standard InChI is InChI=1S/C22H28N2O3/c1-18(25)22(24-16-14-23-15-17-24,13-12-19-6-4-3-5-7-19)27-21-10-8-20(26-2)9-11-21/h3-11,23H,12-17H2,1-2H3. The van der Waals surface area contributed by atoms with Crippen molar-refractivity contribution >= 4 is 5.78 Å². The molecule has 0 amide bonds. The number of Topliss-reactive ketones (excluding diaryl/α,β-unsaturated/α-hetero) is 1. The van der Waals surface area contributed by atoms with E-state index < -0.39 is 5.72 Å². The number of methoxy groups -OCH3 is 1. The van der Waals surface area contributed by atoms with Crippen LogP contribution in [-0.4, -0.2) is 49.7 Å². The van der Waals surface area contributed by atoms with Gasteiger partial charge in [0.05, 0.1) is 7.11 Å². The van der Waals surface area contributed by atoms with E-state index in [0.29, 0.717) is 12.2 Å². The highest BCUT2D eigenvalue weighted by molar-refractivity contribution is 5.85. The summed E-state index contributed by atoms with van der Waals surface area (Å²) in [5.41, 5.74) is 0.239. The molecule has 5 heteroatoms. The first-order valence-electron chi connectivity index (χ1n) is 9.48. The number of carbonyl (C=O) groups excluding carboxylic acids is 1. The van der Waals surface area contributed by atoms with Crippen LogP contribution in [0.1, 0.15) is 18.9 Å². The predicted molar refractivity (Wildman–Crippen MR) is 106 cm³/mol. The van der Waals surface area contributed by atoms with E-state index in [-0.39, 0.29) is 5.78 Å². The Morgan fingerprint density at radius 2 is 1.67 bits per heavy atom. The van der Waals surface area contributed by atoms with E-state index in [1.54, 1.807) is 14.0 Å². The molecule has 27 heavy (non-hydrogen) atoms. The number of aryl methyl sites for hydroxylation is 1. The second-order valence-corrected chi connectivity index (χ2v) is 6.84. The third-order valence-corrected chi connectivity index (χ3v) is 5.12. The molecule has 3 rings (SSSR count). The van der Waals surface area contributed by atoms with Gasteiger partial charge in [0.1, 0.15) is 11.5 Å². The summed E-state index contributed by atoms with van der Waals surface area (Å²) in [5.74, 6) is 1.48. The molecule has 1 aliphatic rings. The van der Waals surface area contributed by atoms with Crippen LogP contribution in [0.2, 0.25) is 0 Å².